The molecule has 5 aromatic carbocycles. The monoisotopic (exact) mass is 521 g/mol. The minimum absolute atomic E-state index is 0.762. The zero-order chi connectivity index (χ0) is 26.9. The third-order valence-corrected chi connectivity index (χ3v) is 8.48. The van der Waals surface area contributed by atoms with Crippen molar-refractivity contribution < 1.29 is 0 Å². The average molecular weight is 522 g/mol. The van der Waals surface area contributed by atoms with Crippen molar-refractivity contribution in [1.29, 1.82) is 0 Å². The summed E-state index contributed by atoms with van der Waals surface area (Å²) in [6.45, 7) is 0. The first-order chi connectivity index (χ1) is 20.4. The van der Waals surface area contributed by atoms with E-state index in [1.807, 2.05) is 18.5 Å². The van der Waals surface area contributed by atoms with Crippen LogP contribution in [0.4, 0.5) is 0 Å². The summed E-state index contributed by atoms with van der Waals surface area (Å²) in [6, 6.07) is 45.9. The number of nitrogens with zero attached hydrogens (tertiary/aromatic N) is 3. The Kier molecular flexibility index (Phi) is 4.61. The van der Waals surface area contributed by atoms with E-state index >= 15 is 0 Å². The summed E-state index contributed by atoms with van der Waals surface area (Å²) in [6.07, 6.45) is 3.83. The number of pyridine rings is 2. The van der Waals surface area contributed by atoms with Gasteiger partial charge < -0.3 is 4.57 Å². The van der Waals surface area contributed by atoms with Crippen molar-refractivity contribution in [1.82, 2.24) is 14.5 Å². The molecule has 0 saturated heterocycles. The zero-order valence-corrected chi connectivity index (χ0v) is 22.1. The molecule has 0 radical (unpaired) electrons. The standard InChI is InChI=1S/C38H23N3/c1-3-15-28-24(11-1)30-17-9-21-35(41-33-19-7-5-13-26(33)27-14-6-8-20-34(27)41)37(30)29-16-4-2-12-25(29)32-23-40-38-31(36(28)32)18-10-22-39-38/h1-23H. The Morgan fingerprint density at radius 3 is 1.68 bits per heavy atom. The molecular formula is C38H23N3. The normalized spacial score (nSPS) is 11.9. The Bertz CT molecular complexity index is 2270. The van der Waals surface area contributed by atoms with Gasteiger partial charge in [0.05, 0.1) is 16.7 Å². The molecule has 0 atom stereocenters. The van der Waals surface area contributed by atoms with Crippen LogP contribution in [0.25, 0.3) is 83.0 Å². The molecule has 3 nitrogen and oxygen atoms in total. The van der Waals surface area contributed by atoms with E-state index < -0.39 is 0 Å². The fourth-order valence-electron chi connectivity index (χ4n) is 6.81. The van der Waals surface area contributed by atoms with Crippen LogP contribution in [0.1, 0.15) is 0 Å². The molecule has 0 amide bonds. The van der Waals surface area contributed by atoms with Crippen LogP contribution < -0.4 is 0 Å². The Morgan fingerprint density at radius 1 is 0.390 bits per heavy atom. The number of hydrogen-bond donors (Lipinski definition) is 0. The summed E-state index contributed by atoms with van der Waals surface area (Å²) >= 11 is 0. The first-order valence-corrected chi connectivity index (χ1v) is 13.9. The SMILES string of the molecule is c1ccc2c(c1)-c1cnc3ncccc3c1-c1ccccc1-c1cccc(-n3c4ccccc4c4ccccc43)c1-2. The van der Waals surface area contributed by atoms with Crippen molar-refractivity contribution in [3.63, 3.8) is 0 Å². The van der Waals surface area contributed by atoms with Gasteiger partial charge in [0, 0.05) is 45.2 Å². The minimum Gasteiger partial charge on any atom is -0.309 e. The molecule has 1 aliphatic rings. The van der Waals surface area contributed by atoms with Gasteiger partial charge >= 0.3 is 0 Å². The molecule has 1 aliphatic carbocycles. The lowest BCUT2D eigenvalue weighted by atomic mass is 9.80. The van der Waals surface area contributed by atoms with Crippen molar-refractivity contribution in [2.24, 2.45) is 0 Å². The molecule has 0 saturated carbocycles. The van der Waals surface area contributed by atoms with Crippen LogP contribution in [0.2, 0.25) is 0 Å². The second kappa shape index (κ2) is 8.48. The summed E-state index contributed by atoms with van der Waals surface area (Å²) in [7, 11) is 0. The number of rotatable bonds is 1. The van der Waals surface area contributed by atoms with Gasteiger partial charge in [-0.25, -0.2) is 9.97 Å². The molecule has 0 spiro atoms. The highest BCUT2D eigenvalue weighted by Crippen LogP contribution is 2.51. The molecule has 0 fully saturated rings. The Balaban J connectivity index is 1.49. The fraction of sp³-hybridized carbons (Fsp3) is 0. The van der Waals surface area contributed by atoms with Crippen LogP contribution in [0.3, 0.4) is 0 Å². The van der Waals surface area contributed by atoms with Crippen molar-refractivity contribution in [2.75, 3.05) is 0 Å². The molecule has 3 heteroatoms. The van der Waals surface area contributed by atoms with Crippen molar-refractivity contribution in [3.8, 4) is 50.2 Å². The smallest absolute Gasteiger partial charge is 0.159 e. The molecule has 0 N–H and O–H groups in total. The number of aromatic nitrogens is 3. The second-order valence-corrected chi connectivity index (χ2v) is 10.6. The Labute approximate surface area is 237 Å². The third-order valence-electron chi connectivity index (χ3n) is 8.48. The Morgan fingerprint density at radius 2 is 0.951 bits per heavy atom. The maximum absolute atomic E-state index is 4.83. The number of para-hydroxylation sites is 2. The van der Waals surface area contributed by atoms with E-state index in [2.05, 4.69) is 131 Å². The van der Waals surface area contributed by atoms with Crippen LogP contribution in [-0.4, -0.2) is 14.5 Å². The van der Waals surface area contributed by atoms with Gasteiger partial charge in [0.1, 0.15) is 0 Å². The van der Waals surface area contributed by atoms with Gasteiger partial charge in [-0.15, -0.1) is 0 Å². The van der Waals surface area contributed by atoms with Crippen LogP contribution in [0.15, 0.2) is 140 Å². The van der Waals surface area contributed by atoms with Crippen molar-refractivity contribution in [3.05, 3.63) is 140 Å². The lowest BCUT2D eigenvalue weighted by molar-refractivity contribution is 1.18. The highest BCUT2D eigenvalue weighted by atomic mass is 15.0. The lowest BCUT2D eigenvalue weighted by Crippen LogP contribution is -2.03. The van der Waals surface area contributed by atoms with Crippen LogP contribution in [0, 0.1) is 0 Å². The quantitative estimate of drug-likeness (QED) is 0.215. The highest BCUT2D eigenvalue weighted by Gasteiger charge is 2.26. The summed E-state index contributed by atoms with van der Waals surface area (Å²) in [4.78, 5) is 9.44. The molecule has 0 unspecified atom stereocenters. The summed E-state index contributed by atoms with van der Waals surface area (Å²) < 4.78 is 2.44. The van der Waals surface area contributed by atoms with E-state index in [9.17, 15) is 0 Å². The third kappa shape index (κ3) is 3.09. The molecule has 8 aromatic rings. The van der Waals surface area contributed by atoms with Crippen molar-refractivity contribution >= 4 is 32.8 Å². The maximum Gasteiger partial charge on any atom is 0.159 e. The molecule has 3 aromatic heterocycles. The van der Waals surface area contributed by atoms with E-state index in [1.165, 1.54) is 66.4 Å². The van der Waals surface area contributed by atoms with E-state index in [0.29, 0.717) is 0 Å². The topological polar surface area (TPSA) is 30.7 Å². The predicted molar refractivity (Wildman–Crippen MR) is 169 cm³/mol. The summed E-state index contributed by atoms with van der Waals surface area (Å²) in [5.74, 6) is 0. The molecule has 190 valence electrons. The van der Waals surface area contributed by atoms with Crippen LogP contribution in [-0.2, 0) is 0 Å². The van der Waals surface area contributed by atoms with Crippen LogP contribution >= 0.6 is 0 Å². The molecule has 9 rings (SSSR count). The molecule has 0 bridgehead atoms. The minimum atomic E-state index is 0.762. The largest absolute Gasteiger partial charge is 0.309 e. The average Bonchev–Trinajstić information content (AvgIpc) is 3.37. The highest BCUT2D eigenvalue weighted by molar-refractivity contribution is 6.13. The van der Waals surface area contributed by atoms with Gasteiger partial charge in [-0.2, -0.15) is 0 Å². The second-order valence-electron chi connectivity index (χ2n) is 10.6. The van der Waals surface area contributed by atoms with E-state index in [0.717, 1.165) is 16.6 Å². The molecule has 41 heavy (non-hydrogen) atoms. The van der Waals surface area contributed by atoms with Gasteiger partial charge in [-0.05, 0) is 58.1 Å². The summed E-state index contributed by atoms with van der Waals surface area (Å²) in [5.41, 5.74) is 13.8. The Hall–Kier alpha value is -5.54. The van der Waals surface area contributed by atoms with Gasteiger partial charge in [0.2, 0.25) is 0 Å². The summed E-state index contributed by atoms with van der Waals surface area (Å²) in [5, 5.41) is 3.58. The van der Waals surface area contributed by atoms with E-state index in [-0.39, 0.29) is 0 Å². The molecule has 0 aliphatic heterocycles. The maximum atomic E-state index is 4.83. The first-order valence-electron chi connectivity index (χ1n) is 13.9. The predicted octanol–water partition coefficient (Wildman–Crippen LogP) is 9.71. The van der Waals surface area contributed by atoms with Gasteiger partial charge in [0.25, 0.3) is 0 Å². The lowest BCUT2D eigenvalue weighted by Gasteiger charge is -2.26. The van der Waals surface area contributed by atoms with Crippen molar-refractivity contribution in [2.45, 2.75) is 0 Å². The van der Waals surface area contributed by atoms with E-state index in [1.54, 1.807) is 0 Å². The molecule has 3 heterocycles. The van der Waals surface area contributed by atoms with Gasteiger partial charge in [-0.3, -0.25) is 0 Å². The number of hydrogen-bond acceptors (Lipinski definition) is 2. The van der Waals surface area contributed by atoms with E-state index in [4.69, 9.17) is 4.98 Å². The number of benzene rings is 5. The van der Waals surface area contributed by atoms with Crippen LogP contribution in [0.5, 0.6) is 0 Å². The molecular weight excluding hydrogens is 498 g/mol. The zero-order valence-electron chi connectivity index (χ0n) is 22.1. The first kappa shape index (κ1) is 22.3. The van der Waals surface area contributed by atoms with Gasteiger partial charge in [0.15, 0.2) is 5.65 Å². The fourth-order valence-corrected chi connectivity index (χ4v) is 6.81. The van der Waals surface area contributed by atoms with Gasteiger partial charge in [-0.1, -0.05) is 97.1 Å². The number of fused-ring (bicyclic) bond motifs is 13.